The first-order chi connectivity index (χ1) is 19.4. The molecule has 0 heterocycles. The largest absolute Gasteiger partial charge is 0.492 e. The fourth-order valence-electron chi connectivity index (χ4n) is 4.59. The van der Waals surface area contributed by atoms with Gasteiger partial charge in [0.2, 0.25) is 0 Å². The van der Waals surface area contributed by atoms with Gasteiger partial charge in [-0.15, -0.1) is 0 Å². The predicted octanol–water partition coefficient (Wildman–Crippen LogP) is 6.49. The van der Waals surface area contributed by atoms with E-state index in [-0.39, 0.29) is 39.1 Å². The number of halogens is 5. The number of aryl methyl sites for hydroxylation is 2. The Hall–Kier alpha value is -3.41. The van der Waals surface area contributed by atoms with E-state index in [1.165, 1.54) is 10.5 Å². The summed E-state index contributed by atoms with van der Waals surface area (Å²) >= 11 is 0. The molecule has 0 saturated carbocycles. The van der Waals surface area contributed by atoms with Crippen molar-refractivity contribution in [3.05, 3.63) is 59.2 Å². The van der Waals surface area contributed by atoms with Crippen molar-refractivity contribution >= 4 is 17.7 Å². The number of benzene rings is 2. The van der Waals surface area contributed by atoms with Gasteiger partial charge in [0.1, 0.15) is 12.4 Å². The average molecular weight is 587 g/mol. The lowest BCUT2D eigenvalue weighted by molar-refractivity contribution is -0.284. The zero-order valence-electron chi connectivity index (χ0n) is 22.8. The number of nitrogens with zero attached hydrogens (tertiary/aromatic N) is 1. The van der Waals surface area contributed by atoms with Gasteiger partial charge in [-0.1, -0.05) is 18.2 Å². The summed E-state index contributed by atoms with van der Waals surface area (Å²) in [6, 6.07) is 11.8. The first kappa shape index (κ1) is 32.1. The van der Waals surface area contributed by atoms with Gasteiger partial charge in [0.15, 0.2) is 6.10 Å². The molecule has 2 amide bonds. The maximum atomic E-state index is 13.3. The molecule has 2 N–H and O–H groups in total. The Labute approximate surface area is 235 Å². The maximum Gasteiger partial charge on any atom is 0.453 e. The highest BCUT2D eigenvalue weighted by Gasteiger charge is 2.56. The third kappa shape index (κ3) is 9.58. The Bertz CT molecular complexity index is 1160. The lowest BCUT2D eigenvalue weighted by Gasteiger charge is -2.24. The van der Waals surface area contributed by atoms with Crippen LogP contribution < -0.4 is 10.1 Å². The number of urea groups is 1. The number of hydrogen-bond acceptors (Lipinski definition) is 4. The molecule has 0 fully saturated rings. The van der Waals surface area contributed by atoms with Crippen molar-refractivity contribution in [2.75, 3.05) is 31.6 Å². The fourth-order valence-corrected chi connectivity index (χ4v) is 4.59. The number of carboxylic acid groups (broad SMARTS) is 1. The van der Waals surface area contributed by atoms with Gasteiger partial charge in [-0.25, -0.2) is 9.59 Å². The van der Waals surface area contributed by atoms with Crippen LogP contribution in [0.4, 0.5) is 32.4 Å². The number of aliphatic carboxylic acids is 1. The smallest absolute Gasteiger partial charge is 0.453 e. The lowest BCUT2D eigenvalue weighted by Crippen LogP contribution is -2.39. The standard InChI is InChI=1S/C29H35F5N2O5/c1-2-40-25(26(37)38)18-20-8-12-24(13-9-20)41-17-16-36(15-4-3-14-28(30,31)29(32,33)34)27(39)35-23-11-10-21-6-5-7-22(21)19-23/h8-13,19,25H,2-7,14-18H2,1H3,(H,35,39)(H,37,38). The Kier molecular flexibility index (Phi) is 11.3. The van der Waals surface area contributed by atoms with E-state index in [0.29, 0.717) is 11.4 Å². The Morgan fingerprint density at radius 2 is 1.71 bits per heavy atom. The molecule has 0 saturated heterocycles. The Morgan fingerprint density at radius 1 is 1.00 bits per heavy atom. The number of hydrogen-bond donors (Lipinski definition) is 2. The second-order valence-electron chi connectivity index (χ2n) is 9.89. The lowest BCUT2D eigenvalue weighted by atomic mass is 10.1. The molecule has 1 aliphatic carbocycles. The zero-order valence-corrected chi connectivity index (χ0v) is 22.8. The minimum atomic E-state index is -5.61. The molecule has 3 rings (SSSR count). The number of nitrogens with one attached hydrogen (secondary N) is 1. The minimum absolute atomic E-state index is 0.0341. The molecule has 2 aromatic carbocycles. The average Bonchev–Trinajstić information content (AvgIpc) is 3.38. The van der Waals surface area contributed by atoms with E-state index in [4.69, 9.17) is 9.47 Å². The van der Waals surface area contributed by atoms with Gasteiger partial charge >= 0.3 is 24.1 Å². The summed E-state index contributed by atoms with van der Waals surface area (Å²) in [5.41, 5.74) is 3.67. The first-order valence-corrected chi connectivity index (χ1v) is 13.6. The molecule has 1 atom stereocenters. The van der Waals surface area contributed by atoms with Gasteiger partial charge in [-0.3, -0.25) is 0 Å². The molecule has 41 heavy (non-hydrogen) atoms. The maximum absolute atomic E-state index is 13.3. The number of ether oxygens (including phenoxy) is 2. The molecule has 226 valence electrons. The Morgan fingerprint density at radius 3 is 2.37 bits per heavy atom. The normalized spacial score (nSPS) is 13.9. The van der Waals surface area contributed by atoms with Crippen LogP contribution in [0.25, 0.3) is 0 Å². The molecular weight excluding hydrogens is 551 g/mol. The first-order valence-electron chi connectivity index (χ1n) is 13.6. The van der Waals surface area contributed by atoms with Crippen molar-refractivity contribution in [2.45, 2.75) is 70.1 Å². The predicted molar refractivity (Wildman–Crippen MR) is 143 cm³/mol. The highest BCUT2D eigenvalue weighted by Crippen LogP contribution is 2.39. The topological polar surface area (TPSA) is 88.1 Å². The van der Waals surface area contributed by atoms with Crippen LogP contribution in [0.2, 0.25) is 0 Å². The van der Waals surface area contributed by atoms with Crippen LogP contribution in [0.15, 0.2) is 42.5 Å². The van der Waals surface area contributed by atoms with Gasteiger partial charge in [-0.05, 0) is 80.0 Å². The van der Waals surface area contributed by atoms with Crippen LogP contribution in [-0.4, -0.2) is 66.5 Å². The van der Waals surface area contributed by atoms with Gasteiger partial charge in [0, 0.05) is 31.7 Å². The number of carbonyl (C=O) groups excluding carboxylic acids is 1. The molecule has 12 heteroatoms. The van der Waals surface area contributed by atoms with Crippen LogP contribution in [0.3, 0.4) is 0 Å². The summed E-state index contributed by atoms with van der Waals surface area (Å²) in [6.07, 6.45) is -5.32. The third-order valence-electron chi connectivity index (χ3n) is 6.84. The summed E-state index contributed by atoms with van der Waals surface area (Å²) < 4.78 is 75.0. The monoisotopic (exact) mass is 586 g/mol. The van der Waals surface area contributed by atoms with E-state index < -0.39 is 43.0 Å². The van der Waals surface area contributed by atoms with Gasteiger partial charge in [0.05, 0.1) is 6.54 Å². The van der Waals surface area contributed by atoms with Crippen molar-refractivity contribution in [3.8, 4) is 5.75 Å². The SMILES string of the molecule is CCOC(Cc1ccc(OCCN(CCCCC(F)(F)C(F)(F)F)C(=O)Nc2ccc3c(c2)CCC3)cc1)C(=O)O. The van der Waals surface area contributed by atoms with Crippen molar-refractivity contribution in [1.29, 1.82) is 0 Å². The molecule has 0 radical (unpaired) electrons. The summed E-state index contributed by atoms with van der Waals surface area (Å²) in [6.45, 7) is 2.02. The van der Waals surface area contributed by atoms with Crippen LogP contribution in [0.1, 0.15) is 49.3 Å². The van der Waals surface area contributed by atoms with Crippen molar-refractivity contribution in [3.63, 3.8) is 0 Å². The molecule has 7 nitrogen and oxygen atoms in total. The number of anilines is 1. The molecule has 0 bridgehead atoms. The summed E-state index contributed by atoms with van der Waals surface area (Å²) in [4.78, 5) is 25.7. The number of fused-ring (bicyclic) bond motifs is 1. The van der Waals surface area contributed by atoms with E-state index in [1.54, 1.807) is 37.3 Å². The van der Waals surface area contributed by atoms with Crippen LogP contribution >= 0.6 is 0 Å². The van der Waals surface area contributed by atoms with Gasteiger partial charge in [0.25, 0.3) is 0 Å². The fraction of sp³-hybridized carbons (Fsp3) is 0.517. The molecule has 1 aliphatic rings. The molecule has 2 aromatic rings. The second-order valence-corrected chi connectivity index (χ2v) is 9.89. The number of carbonyl (C=O) groups is 2. The second kappa shape index (κ2) is 14.5. The highest BCUT2D eigenvalue weighted by atomic mass is 19.4. The highest BCUT2D eigenvalue weighted by molar-refractivity contribution is 5.89. The Balaban J connectivity index is 1.57. The zero-order chi connectivity index (χ0) is 30.0. The summed E-state index contributed by atoms with van der Waals surface area (Å²) in [5.74, 6) is -5.39. The number of carboxylic acids is 1. The van der Waals surface area contributed by atoms with E-state index in [9.17, 15) is 36.6 Å². The molecule has 0 aromatic heterocycles. The minimum Gasteiger partial charge on any atom is -0.492 e. The van der Waals surface area contributed by atoms with E-state index >= 15 is 0 Å². The number of amides is 2. The van der Waals surface area contributed by atoms with Crippen molar-refractivity contribution in [1.82, 2.24) is 4.90 Å². The third-order valence-corrected chi connectivity index (χ3v) is 6.84. The number of rotatable bonds is 15. The van der Waals surface area contributed by atoms with E-state index in [0.717, 1.165) is 30.4 Å². The van der Waals surface area contributed by atoms with Crippen LogP contribution in [-0.2, 0) is 28.8 Å². The van der Waals surface area contributed by atoms with Crippen LogP contribution in [0, 0.1) is 0 Å². The van der Waals surface area contributed by atoms with Crippen LogP contribution in [0.5, 0.6) is 5.75 Å². The summed E-state index contributed by atoms with van der Waals surface area (Å²) in [7, 11) is 0. The number of alkyl halides is 5. The quantitative estimate of drug-likeness (QED) is 0.184. The number of unbranched alkanes of at least 4 members (excludes halogenated alkanes) is 1. The van der Waals surface area contributed by atoms with E-state index in [1.807, 2.05) is 12.1 Å². The van der Waals surface area contributed by atoms with Gasteiger partial charge < -0.3 is 24.8 Å². The molecule has 0 spiro atoms. The molecule has 1 unspecified atom stereocenters. The van der Waals surface area contributed by atoms with E-state index in [2.05, 4.69) is 5.32 Å². The summed E-state index contributed by atoms with van der Waals surface area (Å²) in [5, 5.41) is 12.0. The molecule has 0 aliphatic heterocycles. The molecular formula is C29H35F5N2O5. The van der Waals surface area contributed by atoms with Gasteiger partial charge in [-0.2, -0.15) is 22.0 Å². The van der Waals surface area contributed by atoms with Crippen molar-refractivity contribution in [2.24, 2.45) is 0 Å². The van der Waals surface area contributed by atoms with Crippen molar-refractivity contribution < 1.29 is 46.1 Å².